The zero-order chi connectivity index (χ0) is 55.5. The van der Waals surface area contributed by atoms with Crippen LogP contribution in [0.25, 0.3) is 0 Å². The van der Waals surface area contributed by atoms with Gasteiger partial charge in [-0.05, 0) is 89.9 Å². The Labute approximate surface area is 466 Å². The summed E-state index contributed by atoms with van der Waals surface area (Å²) < 4.78 is 22.6. The molecule has 9 heteroatoms. The van der Waals surface area contributed by atoms with Crippen LogP contribution in [0.5, 0.6) is 0 Å². The fraction of sp³-hybridized carbons (Fsp3) is 0.657. The van der Waals surface area contributed by atoms with Gasteiger partial charge >= 0.3 is 11.9 Å². The summed E-state index contributed by atoms with van der Waals surface area (Å²) in [6.07, 6.45) is 76.9. The van der Waals surface area contributed by atoms with Crippen LogP contribution in [0.1, 0.15) is 226 Å². The maximum Gasteiger partial charge on any atom is 0.306 e. The van der Waals surface area contributed by atoms with Crippen LogP contribution in [0, 0.1) is 0 Å². The van der Waals surface area contributed by atoms with Crippen molar-refractivity contribution in [1.82, 2.24) is 0 Å². The van der Waals surface area contributed by atoms with Gasteiger partial charge in [-0.1, -0.05) is 245 Å². The van der Waals surface area contributed by atoms with E-state index in [-0.39, 0.29) is 38.6 Å². The molecule has 0 aliphatic carbocycles. The first-order chi connectivity index (χ1) is 37.1. The third-order valence-electron chi connectivity index (χ3n) is 12.5. The van der Waals surface area contributed by atoms with Crippen molar-refractivity contribution in [3.8, 4) is 0 Å². The van der Waals surface area contributed by atoms with Crippen molar-refractivity contribution in [2.45, 2.75) is 238 Å². The van der Waals surface area contributed by atoms with E-state index in [2.05, 4.69) is 135 Å². The Hall–Kier alpha value is -4.31. The number of hydrogen-bond acceptors (Lipinski definition) is 8. The normalized spacial score (nSPS) is 13.6. The van der Waals surface area contributed by atoms with Crippen molar-refractivity contribution in [1.29, 1.82) is 0 Å². The summed E-state index contributed by atoms with van der Waals surface area (Å²) in [5.41, 5.74) is 0. The second kappa shape index (κ2) is 56.9. The third kappa shape index (κ3) is 57.4. The summed E-state index contributed by atoms with van der Waals surface area (Å²) >= 11 is 0. The molecule has 0 spiro atoms. The number of carbonyl (C=O) groups excluding carboxylic acids is 3. The molecule has 0 bridgehead atoms. The first-order valence-electron chi connectivity index (χ1n) is 30.2. The van der Waals surface area contributed by atoms with Crippen LogP contribution in [-0.4, -0.2) is 82.3 Å². The van der Waals surface area contributed by atoms with Crippen LogP contribution in [0.2, 0.25) is 0 Å². The fourth-order valence-corrected chi connectivity index (χ4v) is 7.86. The van der Waals surface area contributed by atoms with Crippen LogP contribution >= 0.6 is 0 Å². The van der Waals surface area contributed by atoms with Crippen LogP contribution in [0.4, 0.5) is 0 Å². The second-order valence-corrected chi connectivity index (χ2v) is 20.9. The largest absolute Gasteiger partial charge is 0.545 e. The average molecular weight is 1060 g/mol. The second-order valence-electron chi connectivity index (χ2n) is 20.9. The van der Waals surface area contributed by atoms with E-state index in [1.54, 1.807) is 0 Å². The van der Waals surface area contributed by atoms with Crippen molar-refractivity contribution < 1.29 is 42.9 Å². The Kier molecular flexibility index (Phi) is 53.7. The summed E-state index contributed by atoms with van der Waals surface area (Å²) in [6, 6.07) is 0. The monoisotopic (exact) mass is 1060 g/mol. The van der Waals surface area contributed by atoms with E-state index in [0.29, 0.717) is 17.4 Å². The van der Waals surface area contributed by atoms with Gasteiger partial charge in [0.2, 0.25) is 0 Å². The highest BCUT2D eigenvalue weighted by Crippen LogP contribution is 2.15. The van der Waals surface area contributed by atoms with Gasteiger partial charge in [-0.25, -0.2) is 0 Å². The number of carboxylic acids is 1. The fourth-order valence-electron chi connectivity index (χ4n) is 7.86. The van der Waals surface area contributed by atoms with Crippen molar-refractivity contribution in [2.75, 3.05) is 47.5 Å². The quantitative estimate of drug-likeness (QED) is 0.0195. The highest BCUT2D eigenvalue weighted by atomic mass is 16.7. The van der Waals surface area contributed by atoms with Crippen LogP contribution in [-0.2, 0) is 33.3 Å². The molecule has 0 radical (unpaired) electrons. The Morgan fingerprint density at radius 3 is 1.12 bits per heavy atom. The number of likely N-dealkylation sites (N-methyl/N-ethyl adjacent to an activating group) is 1. The Bertz CT molecular complexity index is 1660. The molecule has 432 valence electrons. The molecule has 0 aromatic rings. The van der Waals surface area contributed by atoms with Gasteiger partial charge in [0.1, 0.15) is 13.2 Å². The number of nitrogens with zero attached hydrogens (tertiary/aromatic N) is 1. The number of esters is 2. The lowest BCUT2D eigenvalue weighted by molar-refractivity contribution is -0.870. The number of unbranched alkanes of at least 4 members (excludes halogenated alkanes) is 19. The summed E-state index contributed by atoms with van der Waals surface area (Å²) in [5.74, 6) is -2.30. The highest BCUT2D eigenvalue weighted by molar-refractivity contribution is 5.70. The predicted molar refractivity (Wildman–Crippen MR) is 320 cm³/mol. The number of carboxylic acid groups (broad SMARTS) is 1. The highest BCUT2D eigenvalue weighted by Gasteiger charge is 2.22. The Morgan fingerprint density at radius 1 is 0.408 bits per heavy atom. The van der Waals surface area contributed by atoms with Gasteiger partial charge < -0.3 is 33.3 Å². The molecule has 0 amide bonds. The van der Waals surface area contributed by atoms with Gasteiger partial charge in [0.25, 0.3) is 0 Å². The van der Waals surface area contributed by atoms with E-state index in [9.17, 15) is 19.5 Å². The molecule has 0 aromatic heterocycles. The maximum atomic E-state index is 12.8. The summed E-state index contributed by atoms with van der Waals surface area (Å²) in [7, 11) is 5.91. The van der Waals surface area contributed by atoms with Crippen LogP contribution in [0.15, 0.2) is 122 Å². The Morgan fingerprint density at radius 2 is 0.750 bits per heavy atom. The number of carbonyl (C=O) groups is 3. The van der Waals surface area contributed by atoms with Gasteiger partial charge in [0.15, 0.2) is 12.4 Å². The van der Waals surface area contributed by atoms with Crippen molar-refractivity contribution >= 4 is 17.9 Å². The third-order valence-corrected chi connectivity index (χ3v) is 12.5. The van der Waals surface area contributed by atoms with Crippen molar-refractivity contribution in [2.24, 2.45) is 0 Å². The number of allylic oxidation sites excluding steroid dienone is 20. The molecule has 0 N–H and O–H groups in total. The predicted octanol–water partition coefficient (Wildman–Crippen LogP) is 16.7. The first-order valence-corrected chi connectivity index (χ1v) is 30.2. The summed E-state index contributed by atoms with van der Waals surface area (Å²) in [6.45, 7) is 4.60. The smallest absolute Gasteiger partial charge is 0.306 e. The Balaban J connectivity index is 4.16. The van der Waals surface area contributed by atoms with E-state index < -0.39 is 24.3 Å². The zero-order valence-electron chi connectivity index (χ0n) is 49.1. The number of hydrogen-bond donors (Lipinski definition) is 0. The zero-order valence-corrected chi connectivity index (χ0v) is 49.1. The van der Waals surface area contributed by atoms with Gasteiger partial charge in [-0.3, -0.25) is 9.59 Å². The molecule has 0 saturated carbocycles. The summed E-state index contributed by atoms with van der Waals surface area (Å²) in [5, 5.41) is 11.8. The molecule has 0 aliphatic rings. The molecular formula is C67H111NO8. The minimum atomic E-state index is -1.63. The average Bonchev–Trinajstić information content (AvgIpc) is 3.39. The van der Waals surface area contributed by atoms with E-state index in [4.69, 9.17) is 18.9 Å². The van der Waals surface area contributed by atoms with E-state index in [1.165, 1.54) is 83.5 Å². The molecule has 0 aromatic carbocycles. The SMILES string of the molecule is CC/C=C\C/C=C\C/C=C\C/C=C\C/C=C\C/C=C\C/C=C\C/C=C\C/C=C\C/C=C\CCCCCCCCCCC(=O)OC(COC(=O)CCCCCCCCCCCCCC)COC(OCC[N+](C)(C)C)C(=O)[O-]. The molecule has 0 fully saturated rings. The number of rotatable bonds is 54. The molecule has 2 unspecified atom stereocenters. The van der Waals surface area contributed by atoms with E-state index in [0.717, 1.165) is 109 Å². The standard InChI is InChI=1S/C67H111NO8/c1-6-8-10-12-14-16-18-20-21-22-23-24-25-26-27-28-29-30-31-32-33-34-35-36-37-38-39-40-41-42-43-44-45-46-48-50-52-54-56-58-65(70)76-63(62-75-67(66(71)72)73-60-59-68(3,4)5)61-74-64(69)57-55-53-51-49-47-19-17-15-13-11-9-7-2/h8,10,14,16,20-21,23-24,26-27,29-30,32-33,35-36,38-39,41-42,63,67H,6-7,9,11-13,15,17-19,22,25,28,31,34,37,40,43-62H2,1-5H3/b10-8-,16-14-,21-20-,24-23-,27-26-,30-29-,33-32-,36-35-,39-38-,42-41-. The first kappa shape index (κ1) is 71.7. The molecule has 2 atom stereocenters. The number of ether oxygens (including phenoxy) is 4. The van der Waals surface area contributed by atoms with E-state index >= 15 is 0 Å². The minimum Gasteiger partial charge on any atom is -0.545 e. The van der Waals surface area contributed by atoms with Gasteiger partial charge in [0.05, 0.1) is 40.3 Å². The molecule has 9 nitrogen and oxygen atoms in total. The van der Waals surface area contributed by atoms with Crippen LogP contribution < -0.4 is 5.11 Å². The molecule has 0 saturated heterocycles. The lowest BCUT2D eigenvalue weighted by Gasteiger charge is -2.26. The van der Waals surface area contributed by atoms with E-state index in [1.807, 2.05) is 21.1 Å². The van der Waals surface area contributed by atoms with Crippen molar-refractivity contribution in [3.63, 3.8) is 0 Å². The summed E-state index contributed by atoms with van der Waals surface area (Å²) in [4.78, 5) is 37.2. The molecular weight excluding hydrogens is 947 g/mol. The lowest BCUT2D eigenvalue weighted by atomic mass is 10.0. The topological polar surface area (TPSA) is 111 Å². The number of aliphatic carboxylic acids is 1. The minimum absolute atomic E-state index is 0.142. The number of quaternary nitrogens is 1. The van der Waals surface area contributed by atoms with Crippen molar-refractivity contribution in [3.05, 3.63) is 122 Å². The van der Waals surface area contributed by atoms with Gasteiger partial charge in [-0.15, -0.1) is 0 Å². The van der Waals surface area contributed by atoms with Gasteiger partial charge in [0, 0.05) is 12.8 Å². The van der Waals surface area contributed by atoms with Gasteiger partial charge in [-0.2, -0.15) is 0 Å². The molecule has 0 aliphatic heterocycles. The molecule has 0 heterocycles. The maximum absolute atomic E-state index is 12.8. The lowest BCUT2D eigenvalue weighted by Crippen LogP contribution is -2.44. The van der Waals surface area contributed by atoms with Crippen LogP contribution in [0.3, 0.4) is 0 Å². The molecule has 0 rings (SSSR count). The molecule has 76 heavy (non-hydrogen) atoms.